The number of aromatic nitrogens is 2. The maximum atomic E-state index is 12.1. The molecule has 1 saturated heterocycles. The van der Waals surface area contributed by atoms with E-state index in [1.807, 2.05) is 52.9 Å². The van der Waals surface area contributed by atoms with E-state index in [2.05, 4.69) is 41.2 Å². The fourth-order valence-electron chi connectivity index (χ4n) is 3.90. The molecule has 0 spiro atoms. The van der Waals surface area contributed by atoms with Gasteiger partial charge >= 0.3 is 6.09 Å². The van der Waals surface area contributed by atoms with E-state index < -0.39 is 5.60 Å². The molecule has 1 aromatic heterocycles. The van der Waals surface area contributed by atoms with Gasteiger partial charge in [-0.05, 0) is 71.1 Å². The van der Waals surface area contributed by atoms with Gasteiger partial charge in [-0.1, -0.05) is 26.0 Å². The van der Waals surface area contributed by atoms with Crippen molar-refractivity contribution in [2.24, 2.45) is 0 Å². The number of alkyl carbamates (subject to hydrolysis) is 1. The number of carbonyl (C=O) groups is 1. The fraction of sp³-hybridized carbons (Fsp3) is 0.577. The number of piperidine rings is 1. The number of nitrogens with zero attached hydrogens (tertiary/aromatic N) is 3. The van der Waals surface area contributed by atoms with Gasteiger partial charge in [0.1, 0.15) is 17.2 Å². The van der Waals surface area contributed by atoms with Gasteiger partial charge in [0, 0.05) is 30.9 Å². The van der Waals surface area contributed by atoms with Crippen LogP contribution in [0.25, 0.3) is 11.4 Å². The van der Waals surface area contributed by atoms with Crippen LogP contribution >= 0.6 is 0 Å². The Morgan fingerprint density at radius 1 is 1.12 bits per heavy atom. The van der Waals surface area contributed by atoms with Crippen molar-refractivity contribution in [3.05, 3.63) is 36.0 Å². The first-order valence-corrected chi connectivity index (χ1v) is 11.9. The Morgan fingerprint density at radius 2 is 1.82 bits per heavy atom. The molecule has 1 N–H and O–H groups in total. The van der Waals surface area contributed by atoms with Gasteiger partial charge in [0.2, 0.25) is 0 Å². The highest BCUT2D eigenvalue weighted by Crippen LogP contribution is 2.32. The van der Waals surface area contributed by atoms with E-state index >= 15 is 0 Å². The number of benzene rings is 1. The summed E-state index contributed by atoms with van der Waals surface area (Å²) in [7, 11) is 0. The van der Waals surface area contributed by atoms with Gasteiger partial charge in [-0.2, -0.15) is 0 Å². The van der Waals surface area contributed by atoms with E-state index in [4.69, 9.17) is 14.5 Å². The van der Waals surface area contributed by atoms with Gasteiger partial charge in [-0.25, -0.2) is 14.8 Å². The molecule has 33 heavy (non-hydrogen) atoms. The quantitative estimate of drug-likeness (QED) is 0.617. The summed E-state index contributed by atoms with van der Waals surface area (Å²) in [6, 6.07) is 8.28. The van der Waals surface area contributed by atoms with E-state index in [1.165, 1.54) is 5.56 Å². The predicted octanol–water partition coefficient (Wildman–Crippen LogP) is 5.55. The Bertz CT molecular complexity index is 945. The number of anilines is 1. The van der Waals surface area contributed by atoms with Crippen LogP contribution in [0.3, 0.4) is 0 Å². The molecule has 2 aromatic rings. The van der Waals surface area contributed by atoms with Crippen LogP contribution in [0.5, 0.6) is 5.75 Å². The van der Waals surface area contributed by atoms with Crippen LogP contribution in [0.1, 0.15) is 72.8 Å². The second kappa shape index (κ2) is 10.4. The largest absolute Gasteiger partial charge is 0.491 e. The number of nitrogens with one attached hydrogen (secondary N) is 1. The Kier molecular flexibility index (Phi) is 7.82. The molecule has 7 nitrogen and oxygen atoms in total. The number of carbonyl (C=O) groups excluding carboxylic acids is 1. The van der Waals surface area contributed by atoms with Gasteiger partial charge in [0.25, 0.3) is 0 Å². The average Bonchev–Trinajstić information content (AvgIpc) is 2.72. The maximum absolute atomic E-state index is 12.1. The van der Waals surface area contributed by atoms with E-state index in [0.29, 0.717) is 11.7 Å². The first kappa shape index (κ1) is 24.8. The van der Waals surface area contributed by atoms with Crippen molar-refractivity contribution in [3.63, 3.8) is 0 Å². The van der Waals surface area contributed by atoms with E-state index in [-0.39, 0.29) is 18.2 Å². The minimum Gasteiger partial charge on any atom is -0.491 e. The Labute approximate surface area is 197 Å². The van der Waals surface area contributed by atoms with Gasteiger partial charge < -0.3 is 19.7 Å². The van der Waals surface area contributed by atoms with Crippen molar-refractivity contribution in [3.8, 4) is 17.1 Å². The van der Waals surface area contributed by atoms with Crippen LogP contribution in [0, 0.1) is 0 Å². The molecule has 7 heteroatoms. The summed E-state index contributed by atoms with van der Waals surface area (Å²) < 4.78 is 11.5. The lowest BCUT2D eigenvalue weighted by atomic mass is 10.00. The monoisotopic (exact) mass is 454 g/mol. The number of amides is 1. The Hall–Kier alpha value is -2.83. The molecule has 0 unspecified atom stereocenters. The molecule has 1 aliphatic rings. The van der Waals surface area contributed by atoms with Gasteiger partial charge in [0.15, 0.2) is 5.82 Å². The first-order chi connectivity index (χ1) is 15.5. The molecular weight excluding hydrogens is 416 g/mol. The summed E-state index contributed by atoms with van der Waals surface area (Å²) in [5.41, 5.74) is 1.64. The summed E-state index contributed by atoms with van der Waals surface area (Å²) in [5, 5.41) is 2.99. The summed E-state index contributed by atoms with van der Waals surface area (Å²) in [6.07, 6.45) is 3.24. The third-order valence-corrected chi connectivity index (χ3v) is 5.44. The molecular formula is C26H38N4O3. The van der Waals surface area contributed by atoms with E-state index in [0.717, 1.165) is 43.1 Å². The molecule has 0 aliphatic carbocycles. The summed E-state index contributed by atoms with van der Waals surface area (Å²) in [6.45, 7) is 15.6. The van der Waals surface area contributed by atoms with Crippen LogP contribution < -0.4 is 15.0 Å². The van der Waals surface area contributed by atoms with Crippen LogP contribution in [0.2, 0.25) is 0 Å². The molecule has 0 atom stereocenters. The SMILES string of the molecule is CC(C)Oc1cc(-c2nccc(N3CCC(NC(=O)OC(C)(C)C)CC3)n2)ccc1C(C)C. The molecule has 1 amide bonds. The Morgan fingerprint density at radius 3 is 2.42 bits per heavy atom. The van der Waals surface area contributed by atoms with Crippen molar-refractivity contribution in [2.75, 3.05) is 18.0 Å². The number of ether oxygens (including phenoxy) is 2. The van der Waals surface area contributed by atoms with Crippen molar-refractivity contribution in [2.45, 2.75) is 85.0 Å². The van der Waals surface area contributed by atoms with Crippen LogP contribution in [-0.4, -0.2) is 46.9 Å². The van der Waals surface area contributed by atoms with E-state index in [1.54, 1.807) is 0 Å². The molecule has 2 heterocycles. The molecule has 0 saturated carbocycles. The van der Waals surface area contributed by atoms with Gasteiger partial charge in [-0.3, -0.25) is 0 Å². The molecule has 0 bridgehead atoms. The fourth-order valence-corrected chi connectivity index (χ4v) is 3.90. The van der Waals surface area contributed by atoms with E-state index in [9.17, 15) is 4.79 Å². The maximum Gasteiger partial charge on any atom is 0.407 e. The number of rotatable bonds is 6. The number of hydrogen-bond donors (Lipinski definition) is 1. The molecule has 180 valence electrons. The highest BCUT2D eigenvalue weighted by Gasteiger charge is 2.24. The van der Waals surface area contributed by atoms with Crippen molar-refractivity contribution >= 4 is 11.9 Å². The summed E-state index contributed by atoms with van der Waals surface area (Å²) >= 11 is 0. The van der Waals surface area contributed by atoms with Crippen molar-refractivity contribution in [1.82, 2.24) is 15.3 Å². The topological polar surface area (TPSA) is 76.6 Å². The third-order valence-electron chi connectivity index (χ3n) is 5.44. The number of hydrogen-bond acceptors (Lipinski definition) is 6. The molecule has 1 fully saturated rings. The van der Waals surface area contributed by atoms with Crippen molar-refractivity contribution < 1.29 is 14.3 Å². The molecule has 1 aliphatic heterocycles. The van der Waals surface area contributed by atoms with Crippen LogP contribution in [0.15, 0.2) is 30.5 Å². The minimum atomic E-state index is -0.490. The minimum absolute atomic E-state index is 0.0978. The van der Waals surface area contributed by atoms with Crippen molar-refractivity contribution in [1.29, 1.82) is 0 Å². The highest BCUT2D eigenvalue weighted by molar-refractivity contribution is 5.68. The standard InChI is InChI=1S/C26H38N4O3/c1-17(2)21-9-8-19(16-22(21)32-18(3)4)24-27-13-10-23(29-24)30-14-11-20(12-15-30)28-25(31)33-26(5,6)7/h8-10,13,16-18,20H,11-12,14-15H2,1-7H3,(H,28,31). The first-order valence-electron chi connectivity index (χ1n) is 11.9. The lowest BCUT2D eigenvalue weighted by Gasteiger charge is -2.33. The lowest BCUT2D eigenvalue weighted by Crippen LogP contribution is -2.46. The van der Waals surface area contributed by atoms with Gasteiger partial charge in [0.05, 0.1) is 6.10 Å². The molecule has 3 rings (SSSR count). The summed E-state index contributed by atoms with van der Waals surface area (Å²) in [4.78, 5) is 23.7. The Balaban J connectivity index is 1.69. The highest BCUT2D eigenvalue weighted by atomic mass is 16.6. The normalized spacial score (nSPS) is 15.1. The zero-order valence-corrected chi connectivity index (χ0v) is 21.0. The average molecular weight is 455 g/mol. The zero-order valence-electron chi connectivity index (χ0n) is 21.0. The second-order valence-corrected chi connectivity index (χ2v) is 10.2. The van der Waals surface area contributed by atoms with Crippen LogP contribution in [0.4, 0.5) is 10.6 Å². The molecule has 0 radical (unpaired) electrons. The van der Waals surface area contributed by atoms with Gasteiger partial charge in [-0.15, -0.1) is 0 Å². The lowest BCUT2D eigenvalue weighted by molar-refractivity contribution is 0.0497. The summed E-state index contributed by atoms with van der Waals surface area (Å²) in [5.74, 6) is 2.84. The second-order valence-electron chi connectivity index (χ2n) is 10.2. The van der Waals surface area contributed by atoms with Crippen LogP contribution in [-0.2, 0) is 4.74 Å². The smallest absolute Gasteiger partial charge is 0.407 e. The zero-order chi connectivity index (χ0) is 24.2. The predicted molar refractivity (Wildman–Crippen MR) is 132 cm³/mol. The third kappa shape index (κ3) is 7.07. The molecule has 1 aromatic carbocycles.